The fourth-order valence-corrected chi connectivity index (χ4v) is 5.92. The normalized spacial score (nSPS) is 13.7. The molecule has 17 heteroatoms. The van der Waals surface area contributed by atoms with Crippen LogP contribution in [0.3, 0.4) is 0 Å². The number of aromatic nitrogens is 6. The summed E-state index contributed by atoms with van der Waals surface area (Å²) in [6, 6.07) is 6.89. The second-order valence-electron chi connectivity index (χ2n) is 9.84. The molecule has 1 aliphatic rings. The summed E-state index contributed by atoms with van der Waals surface area (Å²) in [5, 5.41) is 8.82. The largest absolute Gasteiger partial charge is 0.378 e. The summed E-state index contributed by atoms with van der Waals surface area (Å²) in [4.78, 5) is 38.6. The molecule has 228 valence electrons. The maximum Gasteiger partial charge on any atom is 0.277 e. The van der Waals surface area contributed by atoms with E-state index >= 15 is 0 Å². The topological polar surface area (TPSA) is 181 Å². The van der Waals surface area contributed by atoms with Crippen molar-refractivity contribution in [2.45, 2.75) is 13.0 Å². The Bertz CT molecular complexity index is 1690. The SMILES string of the molecule is CN(Cc1nc2c(N3CCOCC3)nc(-c3ccc(NS(=O)(=O)CCCCl)cc3)nc2n1C)c1ncc(C(=O)NO)cn1. The molecule has 15 nitrogen and oxygen atoms in total. The van der Waals surface area contributed by atoms with Crippen LogP contribution >= 0.6 is 11.6 Å². The smallest absolute Gasteiger partial charge is 0.277 e. The molecule has 1 aromatic carbocycles. The fourth-order valence-electron chi connectivity index (χ4n) is 4.50. The first-order valence-electron chi connectivity index (χ1n) is 13.4. The van der Waals surface area contributed by atoms with Gasteiger partial charge in [-0.1, -0.05) is 0 Å². The van der Waals surface area contributed by atoms with E-state index in [9.17, 15) is 13.2 Å². The molecule has 4 heterocycles. The van der Waals surface area contributed by atoms with Crippen LogP contribution in [0.2, 0.25) is 0 Å². The van der Waals surface area contributed by atoms with Gasteiger partial charge in [0.25, 0.3) is 5.91 Å². The maximum absolute atomic E-state index is 12.3. The number of nitrogens with one attached hydrogen (secondary N) is 2. The summed E-state index contributed by atoms with van der Waals surface area (Å²) in [7, 11) is 0.164. The molecule has 3 N–H and O–H groups in total. The number of hydrogen-bond acceptors (Lipinski definition) is 12. The van der Waals surface area contributed by atoms with Gasteiger partial charge in [0.05, 0.1) is 31.1 Å². The van der Waals surface area contributed by atoms with Crippen molar-refractivity contribution in [1.29, 1.82) is 0 Å². The van der Waals surface area contributed by atoms with Gasteiger partial charge >= 0.3 is 0 Å². The summed E-state index contributed by atoms with van der Waals surface area (Å²) in [6.07, 6.45) is 3.01. The lowest BCUT2D eigenvalue weighted by atomic mass is 10.2. The van der Waals surface area contributed by atoms with Gasteiger partial charge in [-0.25, -0.2) is 38.8 Å². The van der Waals surface area contributed by atoms with Crippen LogP contribution in [0.1, 0.15) is 22.6 Å². The summed E-state index contributed by atoms with van der Waals surface area (Å²) in [5.74, 6) is 1.69. The van der Waals surface area contributed by atoms with Crippen LogP contribution in [-0.2, 0) is 28.4 Å². The van der Waals surface area contributed by atoms with E-state index in [-0.39, 0.29) is 17.2 Å². The number of benzene rings is 1. The van der Waals surface area contributed by atoms with Crippen LogP contribution in [0.4, 0.5) is 17.5 Å². The molecule has 43 heavy (non-hydrogen) atoms. The summed E-state index contributed by atoms with van der Waals surface area (Å²) in [5.41, 5.74) is 4.08. The summed E-state index contributed by atoms with van der Waals surface area (Å²) < 4.78 is 34.6. The number of aryl methyl sites for hydroxylation is 1. The predicted molar refractivity (Wildman–Crippen MR) is 161 cm³/mol. The highest BCUT2D eigenvalue weighted by Crippen LogP contribution is 2.29. The summed E-state index contributed by atoms with van der Waals surface area (Å²) >= 11 is 5.64. The quantitative estimate of drug-likeness (QED) is 0.124. The zero-order valence-electron chi connectivity index (χ0n) is 23.6. The van der Waals surface area contributed by atoms with E-state index in [0.29, 0.717) is 85.1 Å². The molecule has 1 aliphatic heterocycles. The highest BCUT2D eigenvalue weighted by molar-refractivity contribution is 7.92. The molecule has 0 saturated carbocycles. The molecule has 0 bridgehead atoms. The number of rotatable bonds is 11. The Morgan fingerprint density at radius 2 is 1.81 bits per heavy atom. The number of halogens is 1. The van der Waals surface area contributed by atoms with Crippen LogP contribution in [-0.4, -0.2) is 94.0 Å². The van der Waals surface area contributed by atoms with Crippen LogP contribution in [0.15, 0.2) is 36.7 Å². The number of fused-ring (bicyclic) bond motifs is 1. The van der Waals surface area contributed by atoms with Gasteiger partial charge in [-0.15, -0.1) is 11.6 Å². The monoisotopic (exact) mass is 630 g/mol. The first kappa shape index (κ1) is 30.3. The van der Waals surface area contributed by atoms with Crippen LogP contribution in [0.5, 0.6) is 0 Å². The van der Waals surface area contributed by atoms with Crippen molar-refractivity contribution in [3.63, 3.8) is 0 Å². The predicted octanol–water partition coefficient (Wildman–Crippen LogP) is 1.78. The van der Waals surface area contributed by atoms with E-state index in [1.54, 1.807) is 41.7 Å². The number of ether oxygens (including phenoxy) is 1. The summed E-state index contributed by atoms with van der Waals surface area (Å²) in [6.45, 7) is 2.73. The number of amides is 1. The number of nitrogens with zero attached hydrogens (tertiary/aromatic N) is 8. The van der Waals surface area contributed by atoms with Crippen molar-refractivity contribution in [1.82, 2.24) is 35.0 Å². The van der Waals surface area contributed by atoms with Crippen molar-refractivity contribution in [3.05, 3.63) is 48.0 Å². The first-order valence-corrected chi connectivity index (χ1v) is 15.6. The molecule has 3 aromatic heterocycles. The number of morpholine rings is 1. The molecule has 0 aliphatic carbocycles. The van der Waals surface area contributed by atoms with Crippen molar-refractivity contribution >= 4 is 56.1 Å². The average molecular weight is 631 g/mol. The van der Waals surface area contributed by atoms with E-state index in [1.165, 1.54) is 12.4 Å². The van der Waals surface area contributed by atoms with Gasteiger partial charge in [0.1, 0.15) is 5.82 Å². The van der Waals surface area contributed by atoms with Gasteiger partial charge in [-0.2, -0.15) is 0 Å². The highest BCUT2D eigenvalue weighted by atomic mass is 35.5. The number of sulfonamides is 1. The van der Waals surface area contributed by atoms with Gasteiger partial charge in [0, 0.05) is 56.7 Å². The first-order chi connectivity index (χ1) is 20.7. The molecule has 0 spiro atoms. The van der Waals surface area contributed by atoms with Crippen LogP contribution < -0.4 is 20.0 Å². The third kappa shape index (κ3) is 6.93. The number of hydrogen-bond donors (Lipinski definition) is 3. The Morgan fingerprint density at radius 3 is 2.47 bits per heavy atom. The van der Waals surface area contributed by atoms with E-state index in [4.69, 9.17) is 36.5 Å². The van der Waals surface area contributed by atoms with Gasteiger partial charge < -0.3 is 19.1 Å². The minimum Gasteiger partial charge on any atom is -0.378 e. The second-order valence-corrected chi connectivity index (χ2v) is 12.1. The number of imidazole rings is 1. The van der Waals surface area contributed by atoms with Crippen LogP contribution in [0.25, 0.3) is 22.6 Å². The fraction of sp³-hybridized carbons (Fsp3) is 0.385. The molecular weight excluding hydrogens is 600 g/mol. The zero-order chi connectivity index (χ0) is 30.6. The lowest BCUT2D eigenvalue weighted by molar-refractivity contribution is 0.0705. The standard InChI is InChI=1S/C26H31ClN10O5S/c1-35(26-28-14-18(15-29-26)25(38)33-39)16-20-30-21-23(36(20)2)31-22(32-24(21)37-9-11-42-12-10-37)17-4-6-19(7-5-17)34-43(40,41)13-3-8-27/h4-7,14-15,34,39H,3,8-13,16H2,1-2H3,(H,33,38). The van der Waals surface area contributed by atoms with Gasteiger partial charge in [-0.3, -0.25) is 14.7 Å². The van der Waals surface area contributed by atoms with Crippen LogP contribution in [0, 0.1) is 0 Å². The Hall–Kier alpha value is -4.12. The Kier molecular flexibility index (Phi) is 9.19. The second kappa shape index (κ2) is 13.0. The van der Waals surface area contributed by atoms with Crippen molar-refractivity contribution < 1.29 is 23.2 Å². The lowest BCUT2D eigenvalue weighted by Crippen LogP contribution is -2.37. The van der Waals surface area contributed by atoms with Gasteiger partial charge in [0.2, 0.25) is 16.0 Å². The third-order valence-corrected chi connectivity index (χ3v) is 8.43. The molecule has 0 unspecified atom stereocenters. The Balaban J connectivity index is 1.46. The van der Waals surface area contributed by atoms with E-state index < -0.39 is 15.9 Å². The number of anilines is 3. The van der Waals surface area contributed by atoms with E-state index in [0.717, 1.165) is 0 Å². The zero-order valence-corrected chi connectivity index (χ0v) is 25.1. The maximum atomic E-state index is 12.3. The lowest BCUT2D eigenvalue weighted by Gasteiger charge is -2.28. The van der Waals surface area contributed by atoms with Gasteiger partial charge in [-0.05, 0) is 30.7 Å². The number of carbonyl (C=O) groups is 1. The van der Waals surface area contributed by atoms with E-state index in [2.05, 4.69) is 19.6 Å². The molecule has 0 radical (unpaired) electrons. The molecule has 1 amide bonds. The average Bonchev–Trinajstić information content (AvgIpc) is 3.34. The molecule has 5 rings (SSSR count). The van der Waals surface area contributed by atoms with Crippen molar-refractivity contribution in [2.75, 3.05) is 59.5 Å². The number of hydroxylamine groups is 1. The Labute approximate surface area is 252 Å². The Morgan fingerprint density at radius 1 is 1.12 bits per heavy atom. The van der Waals surface area contributed by atoms with E-state index in [1.807, 2.05) is 11.6 Å². The highest BCUT2D eigenvalue weighted by Gasteiger charge is 2.23. The molecule has 0 atom stereocenters. The molecule has 1 fully saturated rings. The molecule has 4 aromatic rings. The van der Waals surface area contributed by atoms with Crippen molar-refractivity contribution in [3.8, 4) is 11.4 Å². The minimum atomic E-state index is -3.50. The van der Waals surface area contributed by atoms with Crippen molar-refractivity contribution in [2.24, 2.45) is 7.05 Å². The minimum absolute atomic E-state index is 0.0583. The molecule has 1 saturated heterocycles. The third-order valence-electron chi connectivity index (χ3n) is 6.79. The number of carbonyl (C=O) groups excluding carboxylic acids is 1. The number of alkyl halides is 1. The van der Waals surface area contributed by atoms with Gasteiger partial charge in [0.15, 0.2) is 22.8 Å². The molecular formula is C26H31ClN10O5S.